The molecule has 0 unspecified atom stereocenters. The molecule has 33 heavy (non-hydrogen) atoms. The number of carbonyl (C=O) groups excluding carboxylic acids is 2. The lowest BCUT2D eigenvalue weighted by molar-refractivity contribution is -0.118. The van der Waals surface area contributed by atoms with Gasteiger partial charge in [0.05, 0.1) is 37.5 Å². The van der Waals surface area contributed by atoms with Crippen molar-refractivity contribution >= 4 is 27.6 Å². The fourth-order valence-corrected chi connectivity index (χ4v) is 3.88. The number of hydrogen-bond acceptors (Lipinski definition) is 8. The number of ether oxygens (including phenoxy) is 4. The van der Waals surface area contributed by atoms with Crippen LogP contribution in [0.2, 0.25) is 0 Å². The molecule has 0 aromatic heterocycles. The van der Waals surface area contributed by atoms with Crippen LogP contribution in [0.25, 0.3) is 0 Å². The number of methoxy groups -OCH3 is 3. The minimum Gasteiger partial charge on any atom is -0.493 e. The van der Waals surface area contributed by atoms with Crippen molar-refractivity contribution in [3.05, 3.63) is 42.0 Å². The Balaban J connectivity index is 2.08. The summed E-state index contributed by atoms with van der Waals surface area (Å²) in [5.74, 6) is -0.147. The van der Waals surface area contributed by atoms with Gasteiger partial charge in [0.25, 0.3) is 5.91 Å². The first-order valence-corrected chi connectivity index (χ1v) is 11.5. The van der Waals surface area contributed by atoms with E-state index in [-0.39, 0.29) is 28.7 Å². The van der Waals surface area contributed by atoms with E-state index in [9.17, 15) is 18.0 Å². The van der Waals surface area contributed by atoms with E-state index in [1.54, 1.807) is 0 Å². The minimum absolute atomic E-state index is 0.0759. The second-order valence-corrected chi connectivity index (χ2v) is 9.07. The molecule has 0 heterocycles. The molecule has 2 aromatic rings. The first-order chi connectivity index (χ1) is 15.6. The number of rotatable bonds is 11. The molecule has 1 amide bonds. The fourth-order valence-electron chi connectivity index (χ4n) is 2.67. The Morgan fingerprint density at radius 2 is 1.58 bits per heavy atom. The molecule has 0 atom stereocenters. The molecule has 2 rings (SSSR count). The summed E-state index contributed by atoms with van der Waals surface area (Å²) in [7, 11) is 0.437. The van der Waals surface area contributed by atoms with Crippen molar-refractivity contribution < 1.29 is 37.0 Å². The highest BCUT2D eigenvalue weighted by atomic mass is 32.2. The van der Waals surface area contributed by atoms with Gasteiger partial charge < -0.3 is 24.3 Å². The van der Waals surface area contributed by atoms with Crippen LogP contribution in [0.15, 0.2) is 41.3 Å². The van der Waals surface area contributed by atoms with Crippen LogP contribution in [-0.4, -0.2) is 54.8 Å². The average Bonchev–Trinajstić information content (AvgIpc) is 2.81. The summed E-state index contributed by atoms with van der Waals surface area (Å²) in [6.45, 7) is 3.75. The van der Waals surface area contributed by atoms with E-state index in [4.69, 9.17) is 18.9 Å². The van der Waals surface area contributed by atoms with Gasteiger partial charge >= 0.3 is 5.97 Å². The normalized spacial score (nSPS) is 11.1. The van der Waals surface area contributed by atoms with Gasteiger partial charge in [-0.15, -0.1) is 0 Å². The standard InChI is InChI=1S/C22H28N2O8S/c1-14(2)12-23-33(27,28)16-8-6-15(7-9-16)32-13-21(25)24-18-11-20(30-4)19(29-3)10-17(18)22(26)31-5/h6-11,14,23H,12-13H2,1-5H3,(H,24,25). The fraction of sp³-hybridized carbons (Fsp3) is 0.364. The van der Waals surface area contributed by atoms with Crippen LogP contribution in [0.3, 0.4) is 0 Å². The van der Waals surface area contributed by atoms with Crippen molar-refractivity contribution in [3.63, 3.8) is 0 Å². The Morgan fingerprint density at radius 3 is 2.12 bits per heavy atom. The topological polar surface area (TPSA) is 129 Å². The van der Waals surface area contributed by atoms with Crippen LogP contribution in [0.1, 0.15) is 24.2 Å². The molecular weight excluding hydrogens is 452 g/mol. The van der Waals surface area contributed by atoms with Crippen molar-refractivity contribution in [2.45, 2.75) is 18.7 Å². The molecule has 180 valence electrons. The molecule has 0 fully saturated rings. The maximum atomic E-state index is 12.4. The predicted molar refractivity (Wildman–Crippen MR) is 121 cm³/mol. The molecule has 0 aliphatic heterocycles. The molecule has 0 saturated carbocycles. The minimum atomic E-state index is -3.62. The molecule has 10 nitrogen and oxygen atoms in total. The third-order valence-electron chi connectivity index (χ3n) is 4.39. The molecule has 0 aliphatic rings. The van der Waals surface area contributed by atoms with Crippen molar-refractivity contribution in [1.29, 1.82) is 0 Å². The summed E-state index contributed by atoms with van der Waals surface area (Å²) in [6, 6.07) is 8.51. The van der Waals surface area contributed by atoms with Gasteiger partial charge in [-0.1, -0.05) is 13.8 Å². The zero-order valence-electron chi connectivity index (χ0n) is 19.1. The van der Waals surface area contributed by atoms with Crippen molar-refractivity contribution in [2.24, 2.45) is 5.92 Å². The number of esters is 1. The van der Waals surface area contributed by atoms with Crippen molar-refractivity contribution in [3.8, 4) is 17.2 Å². The average molecular weight is 481 g/mol. The van der Waals surface area contributed by atoms with Crippen LogP contribution in [-0.2, 0) is 19.6 Å². The van der Waals surface area contributed by atoms with Gasteiger partial charge in [-0.25, -0.2) is 17.9 Å². The highest BCUT2D eigenvalue weighted by Crippen LogP contribution is 2.33. The lowest BCUT2D eigenvalue weighted by Crippen LogP contribution is -2.27. The van der Waals surface area contributed by atoms with E-state index in [0.29, 0.717) is 23.8 Å². The first-order valence-electron chi connectivity index (χ1n) is 9.98. The maximum Gasteiger partial charge on any atom is 0.340 e. The van der Waals surface area contributed by atoms with Crippen molar-refractivity contribution in [2.75, 3.05) is 39.8 Å². The molecule has 11 heteroatoms. The predicted octanol–water partition coefficient (Wildman–Crippen LogP) is 2.44. The van der Waals surface area contributed by atoms with Gasteiger partial charge in [0.15, 0.2) is 18.1 Å². The van der Waals surface area contributed by atoms with E-state index in [1.165, 1.54) is 57.7 Å². The van der Waals surface area contributed by atoms with Crippen LogP contribution >= 0.6 is 0 Å². The summed E-state index contributed by atoms with van der Waals surface area (Å²) in [5.41, 5.74) is 0.234. The molecule has 0 radical (unpaired) electrons. The third kappa shape index (κ3) is 7.09. The Kier molecular flexibility index (Phi) is 9.06. The van der Waals surface area contributed by atoms with Crippen LogP contribution in [0.5, 0.6) is 17.2 Å². The highest BCUT2D eigenvalue weighted by Gasteiger charge is 2.19. The van der Waals surface area contributed by atoms with Crippen LogP contribution in [0.4, 0.5) is 5.69 Å². The van der Waals surface area contributed by atoms with Gasteiger partial charge in [0.2, 0.25) is 10.0 Å². The van der Waals surface area contributed by atoms with Gasteiger partial charge in [-0.2, -0.15) is 0 Å². The number of carbonyl (C=O) groups is 2. The lowest BCUT2D eigenvalue weighted by atomic mass is 10.1. The quantitative estimate of drug-likeness (QED) is 0.469. The second-order valence-electron chi connectivity index (χ2n) is 7.30. The summed E-state index contributed by atoms with van der Waals surface area (Å²) in [6.07, 6.45) is 0. The molecular formula is C22H28N2O8S. The van der Waals surface area contributed by atoms with E-state index in [2.05, 4.69) is 10.0 Å². The van der Waals surface area contributed by atoms with Gasteiger partial charge in [-0.3, -0.25) is 4.79 Å². The van der Waals surface area contributed by atoms with E-state index in [1.807, 2.05) is 13.8 Å². The van der Waals surface area contributed by atoms with Crippen LogP contribution < -0.4 is 24.2 Å². The number of anilines is 1. The number of sulfonamides is 1. The first kappa shape index (κ1) is 25.9. The number of hydrogen-bond donors (Lipinski definition) is 2. The molecule has 2 N–H and O–H groups in total. The largest absolute Gasteiger partial charge is 0.493 e. The SMILES string of the molecule is COC(=O)c1cc(OC)c(OC)cc1NC(=O)COc1ccc(S(=O)(=O)NCC(C)C)cc1. The second kappa shape index (κ2) is 11.5. The Morgan fingerprint density at radius 1 is 0.970 bits per heavy atom. The Hall–Kier alpha value is -3.31. The van der Waals surface area contributed by atoms with Crippen molar-refractivity contribution in [1.82, 2.24) is 4.72 Å². The molecule has 0 spiro atoms. The Labute approximate surface area is 193 Å². The molecule has 0 aliphatic carbocycles. The third-order valence-corrected chi connectivity index (χ3v) is 5.83. The summed E-state index contributed by atoms with van der Waals surface area (Å²) >= 11 is 0. The van der Waals surface area contributed by atoms with Gasteiger partial charge in [0, 0.05) is 18.7 Å². The summed E-state index contributed by atoms with van der Waals surface area (Å²) in [4.78, 5) is 24.6. The molecule has 0 saturated heterocycles. The van der Waals surface area contributed by atoms with Gasteiger partial charge in [-0.05, 0) is 30.2 Å². The Bertz CT molecular complexity index is 1080. The van der Waals surface area contributed by atoms with E-state index < -0.39 is 21.9 Å². The smallest absolute Gasteiger partial charge is 0.340 e. The van der Waals surface area contributed by atoms with Crippen LogP contribution in [0, 0.1) is 5.92 Å². The number of nitrogens with one attached hydrogen (secondary N) is 2. The monoisotopic (exact) mass is 480 g/mol. The highest BCUT2D eigenvalue weighted by molar-refractivity contribution is 7.89. The number of amides is 1. The van der Waals surface area contributed by atoms with E-state index >= 15 is 0 Å². The summed E-state index contributed by atoms with van der Waals surface area (Å²) in [5, 5.41) is 2.58. The van der Waals surface area contributed by atoms with Gasteiger partial charge in [0.1, 0.15) is 5.75 Å². The molecule has 0 bridgehead atoms. The van der Waals surface area contributed by atoms with E-state index in [0.717, 1.165) is 0 Å². The zero-order valence-corrected chi connectivity index (χ0v) is 19.9. The number of benzene rings is 2. The summed E-state index contributed by atoms with van der Waals surface area (Å²) < 4.78 is 47.6. The zero-order chi connectivity index (χ0) is 24.6. The maximum absolute atomic E-state index is 12.4. The molecule has 2 aromatic carbocycles. The lowest BCUT2D eigenvalue weighted by Gasteiger charge is -2.15.